The molecular formula is C37H54ClN5O. The maximum atomic E-state index is 6.11. The lowest BCUT2D eigenvalue weighted by atomic mass is 9.92. The molecule has 2 aromatic carbocycles. The summed E-state index contributed by atoms with van der Waals surface area (Å²) in [6.45, 7) is 13.9. The number of fused-ring (bicyclic) bond motifs is 1. The van der Waals surface area contributed by atoms with Crippen LogP contribution in [0.25, 0.3) is 11.0 Å². The van der Waals surface area contributed by atoms with Crippen LogP contribution in [0.15, 0.2) is 42.5 Å². The third kappa shape index (κ3) is 8.57. The number of piperazine rings is 1. The van der Waals surface area contributed by atoms with E-state index in [1.165, 1.54) is 134 Å². The normalized spacial score (nSPS) is 20.0. The van der Waals surface area contributed by atoms with E-state index in [-0.39, 0.29) is 0 Å². The van der Waals surface area contributed by atoms with Gasteiger partial charge < -0.3 is 19.1 Å². The Balaban J connectivity index is 0.886. The molecule has 0 amide bonds. The van der Waals surface area contributed by atoms with E-state index in [4.69, 9.17) is 21.3 Å². The average Bonchev–Trinajstić information content (AvgIpc) is 3.43. The number of para-hydroxylation sites is 1. The van der Waals surface area contributed by atoms with Crippen LogP contribution in [0.5, 0.6) is 5.75 Å². The molecule has 1 saturated carbocycles. The number of unbranched alkanes of at least 4 members (excludes halogenated alkanes) is 1. The van der Waals surface area contributed by atoms with Crippen molar-refractivity contribution in [3.05, 3.63) is 58.9 Å². The summed E-state index contributed by atoms with van der Waals surface area (Å²) >= 11 is 6.05. The highest BCUT2D eigenvalue weighted by atomic mass is 35.5. The first-order valence-electron chi connectivity index (χ1n) is 17.6. The molecule has 3 fully saturated rings. The number of rotatable bonds is 13. The number of halogens is 1. The van der Waals surface area contributed by atoms with E-state index in [1.807, 2.05) is 24.3 Å². The van der Waals surface area contributed by atoms with E-state index in [1.54, 1.807) is 0 Å². The van der Waals surface area contributed by atoms with Gasteiger partial charge in [0, 0.05) is 43.8 Å². The van der Waals surface area contributed by atoms with Crippen molar-refractivity contribution >= 4 is 22.6 Å². The standard InChI is InChI=1S/C37H54ClN5O/c1-30-9-7-13-35-37(30)39-36(29-44-34-16-14-32(38)15-17-34)43(35)22-8-10-31-18-23-40(24-19-31)20-5-6-21-41-25-27-42(28-26-41)33-11-3-2-4-12-33/h7,9,13-17,31,33H,2-6,8,10-12,18-29H2,1H3. The molecule has 3 heterocycles. The molecule has 1 aliphatic carbocycles. The van der Waals surface area contributed by atoms with Gasteiger partial charge in [0.1, 0.15) is 18.2 Å². The Morgan fingerprint density at radius 3 is 2.20 bits per heavy atom. The van der Waals surface area contributed by atoms with Crippen LogP contribution in [0.3, 0.4) is 0 Å². The average molecular weight is 620 g/mol. The molecule has 0 N–H and O–H groups in total. The Morgan fingerprint density at radius 1 is 0.773 bits per heavy atom. The predicted molar refractivity (Wildman–Crippen MR) is 183 cm³/mol. The van der Waals surface area contributed by atoms with Crippen molar-refractivity contribution in [1.29, 1.82) is 0 Å². The van der Waals surface area contributed by atoms with Crippen molar-refractivity contribution in [2.75, 3.05) is 52.4 Å². The second-order valence-electron chi connectivity index (χ2n) is 13.7. The Kier molecular flexibility index (Phi) is 11.5. The van der Waals surface area contributed by atoms with Crippen LogP contribution in [-0.4, -0.2) is 82.7 Å². The maximum absolute atomic E-state index is 6.11. The van der Waals surface area contributed by atoms with Crippen molar-refractivity contribution in [3.8, 4) is 5.75 Å². The molecule has 3 aromatic rings. The highest BCUT2D eigenvalue weighted by molar-refractivity contribution is 6.30. The van der Waals surface area contributed by atoms with Crippen LogP contribution >= 0.6 is 11.6 Å². The zero-order valence-electron chi connectivity index (χ0n) is 27.1. The maximum Gasteiger partial charge on any atom is 0.148 e. The Labute approximate surface area is 270 Å². The summed E-state index contributed by atoms with van der Waals surface area (Å²) in [5, 5.41) is 0.722. The van der Waals surface area contributed by atoms with E-state index in [9.17, 15) is 0 Å². The topological polar surface area (TPSA) is 36.8 Å². The van der Waals surface area contributed by atoms with Crippen LogP contribution < -0.4 is 4.74 Å². The van der Waals surface area contributed by atoms with Crippen LogP contribution in [0.4, 0.5) is 0 Å². The lowest BCUT2D eigenvalue weighted by Crippen LogP contribution is -2.50. The fourth-order valence-electron chi connectivity index (χ4n) is 7.88. The number of benzene rings is 2. The number of ether oxygens (including phenoxy) is 1. The Hall–Kier alpha value is -2.12. The number of hydrogen-bond donors (Lipinski definition) is 0. The number of piperidine rings is 1. The smallest absolute Gasteiger partial charge is 0.148 e. The van der Waals surface area contributed by atoms with Crippen molar-refractivity contribution in [3.63, 3.8) is 0 Å². The van der Waals surface area contributed by atoms with Crippen LogP contribution in [0.1, 0.15) is 82.0 Å². The Morgan fingerprint density at radius 2 is 1.48 bits per heavy atom. The monoisotopic (exact) mass is 619 g/mol. The molecule has 6 nitrogen and oxygen atoms in total. The van der Waals surface area contributed by atoms with E-state index >= 15 is 0 Å². The van der Waals surface area contributed by atoms with Gasteiger partial charge in [-0.1, -0.05) is 43.0 Å². The molecule has 3 aliphatic rings. The SMILES string of the molecule is Cc1cccc2c1nc(COc1ccc(Cl)cc1)n2CCCC1CCN(CCCCN2CCN(C3CCCCC3)CC2)CC1. The lowest BCUT2D eigenvalue weighted by Gasteiger charge is -2.40. The molecule has 0 spiro atoms. The van der Waals surface area contributed by atoms with Crippen LogP contribution in [0.2, 0.25) is 5.02 Å². The minimum Gasteiger partial charge on any atom is -0.486 e. The number of aromatic nitrogens is 2. The molecule has 0 atom stereocenters. The second kappa shape index (κ2) is 15.9. The summed E-state index contributed by atoms with van der Waals surface area (Å²) in [6, 6.07) is 15.0. The first-order valence-corrected chi connectivity index (χ1v) is 18.0. The molecule has 44 heavy (non-hydrogen) atoms. The first kappa shape index (κ1) is 31.8. The van der Waals surface area contributed by atoms with Crippen LogP contribution in [-0.2, 0) is 13.2 Å². The molecule has 2 aliphatic heterocycles. The second-order valence-corrected chi connectivity index (χ2v) is 14.1. The third-order valence-corrected chi connectivity index (χ3v) is 10.9. The fraction of sp³-hybridized carbons (Fsp3) is 0.649. The van der Waals surface area contributed by atoms with Gasteiger partial charge in [0.2, 0.25) is 0 Å². The molecule has 2 saturated heterocycles. The van der Waals surface area contributed by atoms with Crippen molar-refractivity contribution in [2.45, 2.75) is 96.7 Å². The number of likely N-dealkylation sites (tertiary alicyclic amines) is 1. The van der Waals surface area contributed by atoms with Gasteiger partial charge in [-0.15, -0.1) is 0 Å². The van der Waals surface area contributed by atoms with Crippen molar-refractivity contribution in [1.82, 2.24) is 24.3 Å². The summed E-state index contributed by atoms with van der Waals surface area (Å²) in [6.07, 6.45) is 15.1. The van der Waals surface area contributed by atoms with Gasteiger partial charge in [-0.2, -0.15) is 0 Å². The van der Waals surface area contributed by atoms with E-state index in [0.29, 0.717) is 6.61 Å². The minimum atomic E-state index is 0.463. The fourth-order valence-corrected chi connectivity index (χ4v) is 8.01. The lowest BCUT2D eigenvalue weighted by molar-refractivity contribution is 0.0773. The zero-order chi connectivity index (χ0) is 30.1. The van der Waals surface area contributed by atoms with Crippen LogP contribution in [0, 0.1) is 12.8 Å². The van der Waals surface area contributed by atoms with Gasteiger partial charge in [0.05, 0.1) is 11.0 Å². The van der Waals surface area contributed by atoms with Gasteiger partial charge in [-0.3, -0.25) is 4.90 Å². The zero-order valence-corrected chi connectivity index (χ0v) is 27.8. The van der Waals surface area contributed by atoms with Gasteiger partial charge in [0.15, 0.2) is 0 Å². The van der Waals surface area contributed by atoms with E-state index in [2.05, 4.69) is 44.4 Å². The molecule has 6 rings (SSSR count). The summed E-state index contributed by atoms with van der Waals surface area (Å²) in [7, 11) is 0. The molecule has 0 radical (unpaired) electrons. The largest absolute Gasteiger partial charge is 0.486 e. The highest BCUT2D eigenvalue weighted by Crippen LogP contribution is 2.27. The van der Waals surface area contributed by atoms with E-state index < -0.39 is 0 Å². The van der Waals surface area contributed by atoms with Gasteiger partial charge in [0.25, 0.3) is 0 Å². The summed E-state index contributed by atoms with van der Waals surface area (Å²) in [5.74, 6) is 2.67. The molecule has 7 heteroatoms. The number of nitrogens with zero attached hydrogens (tertiary/aromatic N) is 5. The highest BCUT2D eigenvalue weighted by Gasteiger charge is 2.25. The van der Waals surface area contributed by atoms with Gasteiger partial charge >= 0.3 is 0 Å². The number of aryl methyl sites for hydroxylation is 2. The van der Waals surface area contributed by atoms with E-state index in [0.717, 1.165) is 40.6 Å². The first-order chi connectivity index (χ1) is 21.6. The molecule has 240 valence electrons. The molecule has 0 bridgehead atoms. The van der Waals surface area contributed by atoms with Gasteiger partial charge in [-0.25, -0.2) is 4.98 Å². The minimum absolute atomic E-state index is 0.463. The summed E-state index contributed by atoms with van der Waals surface area (Å²) in [5.41, 5.74) is 3.54. The predicted octanol–water partition coefficient (Wildman–Crippen LogP) is 7.80. The molecule has 0 unspecified atom stereocenters. The quantitative estimate of drug-likeness (QED) is 0.183. The Bertz CT molecular complexity index is 1290. The third-order valence-electron chi connectivity index (χ3n) is 10.6. The van der Waals surface area contributed by atoms with Crippen molar-refractivity contribution < 1.29 is 4.74 Å². The summed E-state index contributed by atoms with van der Waals surface area (Å²) < 4.78 is 8.51. The number of imidazole rings is 1. The molecular weight excluding hydrogens is 566 g/mol. The van der Waals surface area contributed by atoms with Crippen molar-refractivity contribution in [2.24, 2.45) is 5.92 Å². The number of hydrogen-bond acceptors (Lipinski definition) is 5. The van der Waals surface area contributed by atoms with Gasteiger partial charge in [-0.05, 0) is 126 Å². The summed E-state index contributed by atoms with van der Waals surface area (Å²) in [4.78, 5) is 13.3. The molecule has 1 aromatic heterocycles.